The van der Waals surface area contributed by atoms with Gasteiger partial charge in [-0.05, 0) is 63.7 Å². The topological polar surface area (TPSA) is 78.9 Å². The first-order valence-electron chi connectivity index (χ1n) is 18.2. The lowest BCUT2D eigenvalue weighted by Crippen LogP contribution is -2.68. The summed E-state index contributed by atoms with van der Waals surface area (Å²) >= 11 is 0. The molecular weight excluding hydrogens is 540 g/mol. The van der Waals surface area contributed by atoms with Gasteiger partial charge in [-0.25, -0.2) is 0 Å². The molecule has 6 heteroatoms. The molecule has 0 aromatic carbocycles. The molecule has 0 spiro atoms. The van der Waals surface area contributed by atoms with Crippen molar-refractivity contribution in [1.29, 1.82) is 0 Å². The van der Waals surface area contributed by atoms with Gasteiger partial charge in [0.15, 0.2) is 0 Å². The molecule has 0 saturated heterocycles. The van der Waals surface area contributed by atoms with Crippen molar-refractivity contribution < 1.29 is 28.6 Å². The van der Waals surface area contributed by atoms with Crippen LogP contribution in [-0.4, -0.2) is 54.0 Å². The van der Waals surface area contributed by atoms with E-state index in [9.17, 15) is 14.4 Å². The van der Waals surface area contributed by atoms with E-state index in [1.54, 1.807) is 0 Å². The third-order valence-corrected chi connectivity index (χ3v) is 10.1. The van der Waals surface area contributed by atoms with Crippen molar-refractivity contribution in [3.05, 3.63) is 0 Å². The van der Waals surface area contributed by atoms with Crippen LogP contribution in [0.1, 0.15) is 175 Å². The minimum Gasteiger partial charge on any atom is -0.375 e. The zero-order valence-corrected chi connectivity index (χ0v) is 28.1. The van der Waals surface area contributed by atoms with Crippen LogP contribution in [0.25, 0.3) is 0 Å². The van der Waals surface area contributed by atoms with Crippen LogP contribution >= 0.6 is 0 Å². The van der Waals surface area contributed by atoms with Gasteiger partial charge in [0.1, 0.15) is 17.3 Å². The van der Waals surface area contributed by atoms with E-state index in [1.165, 1.54) is 0 Å². The van der Waals surface area contributed by atoms with Gasteiger partial charge in [-0.15, -0.1) is 0 Å². The van der Waals surface area contributed by atoms with E-state index in [2.05, 4.69) is 20.8 Å². The smallest absolute Gasteiger partial charge is 0.132 e. The van der Waals surface area contributed by atoms with Crippen molar-refractivity contribution in [1.82, 2.24) is 0 Å². The number of ether oxygens (including phenoxy) is 3. The molecule has 248 valence electrons. The Bertz CT molecular complexity index is 735. The number of hydrogen-bond acceptors (Lipinski definition) is 6. The van der Waals surface area contributed by atoms with Gasteiger partial charge in [-0.1, -0.05) is 59.3 Å². The molecule has 0 N–H and O–H groups in total. The summed E-state index contributed by atoms with van der Waals surface area (Å²) < 4.78 is 20.2. The highest BCUT2D eigenvalue weighted by Crippen LogP contribution is 2.63. The van der Waals surface area contributed by atoms with Crippen LogP contribution in [0.2, 0.25) is 0 Å². The summed E-state index contributed by atoms with van der Waals surface area (Å²) in [7, 11) is 0. The Hall–Kier alpha value is -1.11. The maximum absolute atomic E-state index is 12.3. The van der Waals surface area contributed by atoms with E-state index in [0.29, 0.717) is 81.6 Å². The van der Waals surface area contributed by atoms with Gasteiger partial charge in [0.25, 0.3) is 0 Å². The van der Waals surface area contributed by atoms with E-state index in [-0.39, 0.29) is 16.8 Å². The predicted octanol–water partition coefficient (Wildman–Crippen LogP) is 9.04. The number of unbranched alkanes of at least 4 members (excludes halogenated alkanes) is 6. The predicted molar refractivity (Wildman–Crippen MR) is 172 cm³/mol. The van der Waals surface area contributed by atoms with Crippen LogP contribution in [0.3, 0.4) is 0 Å². The molecule has 0 aromatic rings. The average Bonchev–Trinajstić information content (AvgIpc) is 2.96. The molecule has 0 unspecified atom stereocenters. The fourth-order valence-electron chi connectivity index (χ4n) is 8.43. The molecule has 0 radical (unpaired) electrons. The quantitative estimate of drug-likeness (QED) is 0.0871. The first-order chi connectivity index (χ1) is 20.8. The molecule has 0 aromatic heterocycles. The monoisotopic (exact) mass is 604 g/mol. The maximum Gasteiger partial charge on any atom is 0.132 e. The summed E-state index contributed by atoms with van der Waals surface area (Å²) in [6.45, 7) is 8.32. The second-order valence-corrected chi connectivity index (χ2v) is 14.4. The van der Waals surface area contributed by atoms with Crippen LogP contribution in [0.5, 0.6) is 0 Å². The first-order valence-corrected chi connectivity index (χ1v) is 18.2. The van der Waals surface area contributed by atoms with E-state index in [0.717, 1.165) is 116 Å². The molecule has 4 saturated carbocycles. The largest absolute Gasteiger partial charge is 0.375 e. The Morgan fingerprint density at radius 2 is 0.744 bits per heavy atom. The lowest BCUT2D eigenvalue weighted by molar-refractivity contribution is -0.291. The lowest BCUT2D eigenvalue weighted by atomic mass is 9.50. The van der Waals surface area contributed by atoms with Crippen LogP contribution in [0.4, 0.5) is 0 Å². The number of carbonyl (C=O) groups is 3. The third-order valence-electron chi connectivity index (χ3n) is 10.1. The molecule has 0 atom stereocenters. The van der Waals surface area contributed by atoms with E-state index in [4.69, 9.17) is 14.2 Å². The summed E-state index contributed by atoms with van der Waals surface area (Å²) in [6, 6.07) is 0. The molecule has 4 rings (SSSR count). The molecule has 4 fully saturated rings. The highest BCUT2D eigenvalue weighted by Gasteiger charge is 2.65. The maximum atomic E-state index is 12.3. The van der Waals surface area contributed by atoms with Gasteiger partial charge >= 0.3 is 0 Å². The Kier molecular flexibility index (Phi) is 15.9. The van der Waals surface area contributed by atoms with Crippen molar-refractivity contribution in [2.24, 2.45) is 5.92 Å². The van der Waals surface area contributed by atoms with Crippen molar-refractivity contribution in [2.75, 3.05) is 19.8 Å². The summed E-state index contributed by atoms with van der Waals surface area (Å²) in [5.74, 6) is 1.57. The standard InChI is InChI=1S/C37H64O6/c1-4-7-10-16-32(38)19-13-22-41-35-25-31-26-36(28-35,42-23-14-20-33(39)17-11-8-5-2)30-37(27-31,29-35)43-24-15-21-34(40)18-12-9-6-3/h31H,4-30H2,1-3H3. The first kappa shape index (κ1) is 36.4. The summed E-state index contributed by atoms with van der Waals surface area (Å²) in [5.41, 5.74) is -0.802. The van der Waals surface area contributed by atoms with Gasteiger partial charge in [-0.3, -0.25) is 14.4 Å². The molecule has 4 bridgehead atoms. The van der Waals surface area contributed by atoms with Gasteiger partial charge in [0.05, 0.1) is 16.8 Å². The molecule has 4 aliphatic rings. The number of Topliss-reactive ketones (excluding diaryl/α,β-unsaturated/α-hetero) is 3. The van der Waals surface area contributed by atoms with Crippen molar-refractivity contribution >= 4 is 17.3 Å². The van der Waals surface area contributed by atoms with Crippen molar-refractivity contribution in [3.8, 4) is 0 Å². The third kappa shape index (κ3) is 12.3. The highest BCUT2D eigenvalue weighted by atomic mass is 16.5. The number of carbonyl (C=O) groups excluding carboxylic acids is 3. The van der Waals surface area contributed by atoms with E-state index in [1.807, 2.05) is 0 Å². The normalized spacial score (nSPS) is 27.6. The fraction of sp³-hybridized carbons (Fsp3) is 0.919. The Labute approximate surface area is 263 Å². The Morgan fingerprint density at radius 1 is 0.465 bits per heavy atom. The number of rotatable bonds is 27. The van der Waals surface area contributed by atoms with Crippen molar-refractivity contribution in [2.45, 2.75) is 192 Å². The molecule has 0 amide bonds. The molecule has 6 nitrogen and oxygen atoms in total. The molecule has 0 heterocycles. The van der Waals surface area contributed by atoms with Gasteiger partial charge in [0.2, 0.25) is 0 Å². The SMILES string of the molecule is CCCCCC(=O)CCCOC12CC3CC(OCCCC(=O)CCCCC)(C1)CC(OCCCC(=O)CCCCC)(C3)C2. The summed E-state index contributed by atoms with van der Waals surface area (Å²) in [6.07, 6.45) is 21.7. The zero-order valence-electron chi connectivity index (χ0n) is 28.1. The lowest BCUT2D eigenvalue weighted by Gasteiger charge is -2.65. The van der Waals surface area contributed by atoms with Gasteiger partial charge in [0, 0.05) is 77.6 Å². The van der Waals surface area contributed by atoms with Crippen LogP contribution in [0, 0.1) is 5.92 Å². The number of hydrogen-bond donors (Lipinski definition) is 0. The van der Waals surface area contributed by atoms with Crippen LogP contribution in [0.15, 0.2) is 0 Å². The molecule has 4 aliphatic carbocycles. The molecule has 43 heavy (non-hydrogen) atoms. The molecular formula is C37H64O6. The van der Waals surface area contributed by atoms with Gasteiger partial charge in [-0.2, -0.15) is 0 Å². The number of ketones is 3. The summed E-state index contributed by atoms with van der Waals surface area (Å²) in [5, 5.41) is 0. The fourth-order valence-corrected chi connectivity index (χ4v) is 8.43. The Balaban J connectivity index is 1.55. The van der Waals surface area contributed by atoms with E-state index >= 15 is 0 Å². The minimum absolute atomic E-state index is 0.267. The van der Waals surface area contributed by atoms with Gasteiger partial charge < -0.3 is 14.2 Å². The summed E-state index contributed by atoms with van der Waals surface area (Å²) in [4.78, 5) is 37.0. The second-order valence-electron chi connectivity index (χ2n) is 14.4. The highest BCUT2D eigenvalue weighted by molar-refractivity contribution is 5.78. The van der Waals surface area contributed by atoms with Crippen LogP contribution in [-0.2, 0) is 28.6 Å². The van der Waals surface area contributed by atoms with Crippen LogP contribution < -0.4 is 0 Å². The zero-order chi connectivity index (χ0) is 31.0. The van der Waals surface area contributed by atoms with Crippen molar-refractivity contribution in [3.63, 3.8) is 0 Å². The Morgan fingerprint density at radius 3 is 1.02 bits per heavy atom. The minimum atomic E-state index is -0.267. The molecule has 0 aliphatic heterocycles. The second kappa shape index (κ2) is 18.8. The van der Waals surface area contributed by atoms with E-state index < -0.39 is 0 Å². The average molecular weight is 605 g/mol.